The second-order valence-electron chi connectivity index (χ2n) is 38.3. The van der Waals surface area contributed by atoms with Crippen LogP contribution < -0.4 is 56.8 Å². The number of carbonyl (C=O) groups excluding carboxylic acids is 12. The van der Waals surface area contributed by atoms with Crippen LogP contribution in [-0.4, -0.2) is 151 Å². The molecule has 0 N–H and O–H groups in total. The maximum absolute atomic E-state index is 15.4. The van der Waals surface area contributed by atoms with Gasteiger partial charge in [0.05, 0.1) is 115 Å². The molecule has 30 nitrogen and oxygen atoms in total. The van der Waals surface area contributed by atoms with Crippen LogP contribution in [0, 0.1) is 77.0 Å². The van der Waals surface area contributed by atoms with E-state index < -0.39 is 107 Å². The molecule has 0 aromatic heterocycles. The van der Waals surface area contributed by atoms with Gasteiger partial charge in [-0.15, -0.1) is 0 Å². The van der Waals surface area contributed by atoms with E-state index in [4.69, 9.17) is 85.3 Å². The van der Waals surface area contributed by atoms with Gasteiger partial charge in [0.15, 0.2) is 34.5 Å². The molecule has 6 aliphatic rings. The topological polar surface area (TPSA) is 371 Å². The molecule has 16 rings (SSSR count). The number of carbonyl (C=O) groups is 12. The summed E-state index contributed by atoms with van der Waals surface area (Å²) in [6.07, 6.45) is 11.2. The molecule has 780 valence electrons. The van der Waals surface area contributed by atoms with Crippen molar-refractivity contribution in [3.63, 3.8) is 0 Å². The van der Waals surface area contributed by atoms with Gasteiger partial charge in [-0.2, -0.15) is 0 Å². The third-order valence-electron chi connectivity index (χ3n) is 27.5. The summed E-state index contributed by atoms with van der Waals surface area (Å²) in [6.45, 7) is 34.2. The number of ether oxygens (including phenoxy) is 18. The third-order valence-corrected chi connectivity index (χ3v) is 27.5. The van der Waals surface area contributed by atoms with Crippen LogP contribution in [0.25, 0.3) is 32.3 Å². The first-order valence-electron chi connectivity index (χ1n) is 50.5. The lowest BCUT2D eigenvalue weighted by Gasteiger charge is -2.19. The van der Waals surface area contributed by atoms with Gasteiger partial charge in [-0.1, -0.05) is 112 Å². The molecule has 0 saturated heterocycles. The SMILES string of the molecule is C=CC(=O)OCCCOc1ccc(C2CC2C(=O)Oc2cc3c4cc(OC(=O)C5CC5c5ccc(OCCCOC(=O)C=C)c(C)c5)c(OC(=O)C5CC5c5ccc(OCCCOC(=O)C=C)c(C)c5)cc4c4cc(OC(=O)C5CC5c5ccc(OCCCOC(=O)C=C)c(C)c5)c(OC(=O)C5CC5c5ccc(OCCCOC(=O)C=C)c(C)c5)cc4c3cc2OC(=O)C2CC2c2ccc(OCCCOC(=O)C=C)c(C)c2)cc1C. The number of rotatable bonds is 54. The molecule has 6 aliphatic carbocycles. The van der Waals surface area contributed by atoms with E-state index in [1.807, 2.05) is 151 Å². The molecule has 0 radical (unpaired) electrons. The van der Waals surface area contributed by atoms with Crippen molar-refractivity contribution in [2.24, 2.45) is 35.5 Å². The van der Waals surface area contributed by atoms with Crippen LogP contribution in [0.1, 0.15) is 179 Å². The van der Waals surface area contributed by atoms with Crippen molar-refractivity contribution < 1.29 is 143 Å². The largest absolute Gasteiger partial charge is 0.493 e. The lowest BCUT2D eigenvalue weighted by atomic mass is 9.93. The summed E-state index contributed by atoms with van der Waals surface area (Å²) < 4.78 is 108. The second-order valence-corrected chi connectivity index (χ2v) is 38.3. The van der Waals surface area contributed by atoms with Gasteiger partial charge in [-0.3, -0.25) is 28.8 Å². The highest BCUT2D eigenvalue weighted by atomic mass is 16.6. The molecule has 12 unspecified atom stereocenters. The quantitative estimate of drug-likeness (QED) is 0.00853. The zero-order valence-corrected chi connectivity index (χ0v) is 84.7. The molecule has 10 aromatic rings. The van der Waals surface area contributed by atoms with E-state index in [1.54, 1.807) is 36.4 Å². The Balaban J connectivity index is 0.810. The molecule has 6 fully saturated rings. The predicted molar refractivity (Wildman–Crippen MR) is 553 cm³/mol. The molecule has 0 aliphatic heterocycles. The van der Waals surface area contributed by atoms with Gasteiger partial charge in [-0.05, 0) is 287 Å². The number of hydrogen-bond donors (Lipinski definition) is 0. The molecule has 0 bridgehead atoms. The molecule has 6 saturated carbocycles. The molecule has 12 atom stereocenters. The van der Waals surface area contributed by atoms with Gasteiger partial charge >= 0.3 is 71.6 Å². The summed E-state index contributed by atoms with van der Waals surface area (Å²) in [5.41, 5.74) is 9.61. The highest BCUT2D eigenvalue weighted by Gasteiger charge is 2.52. The fourth-order valence-corrected chi connectivity index (χ4v) is 18.8. The number of fused-ring (bicyclic) bond motifs is 6. The molecule has 0 amide bonds. The van der Waals surface area contributed by atoms with Crippen molar-refractivity contribution in [2.75, 3.05) is 79.3 Å². The summed E-state index contributed by atoms with van der Waals surface area (Å²) in [7, 11) is 0. The van der Waals surface area contributed by atoms with Gasteiger partial charge in [0.25, 0.3) is 0 Å². The summed E-state index contributed by atoms with van der Waals surface area (Å²) >= 11 is 0. The number of aryl methyl sites for hydroxylation is 6. The molecular weight excluding hydrogens is 1920 g/mol. The minimum Gasteiger partial charge on any atom is -0.493 e. The van der Waals surface area contributed by atoms with E-state index in [-0.39, 0.29) is 182 Å². The second kappa shape index (κ2) is 48.7. The Hall–Kier alpha value is -16.1. The summed E-state index contributed by atoms with van der Waals surface area (Å²) in [5, 5.41) is 1.66. The maximum atomic E-state index is 15.4. The fraction of sp³-hybridized carbons (Fsp3) is 0.350. The molecule has 30 heteroatoms. The van der Waals surface area contributed by atoms with Gasteiger partial charge in [-0.25, -0.2) is 28.8 Å². The van der Waals surface area contributed by atoms with Crippen LogP contribution in [0.5, 0.6) is 69.0 Å². The van der Waals surface area contributed by atoms with Crippen LogP contribution in [0.3, 0.4) is 0 Å². The minimum atomic E-state index is -0.728. The Bertz CT molecular complexity index is 5890. The lowest BCUT2D eigenvalue weighted by molar-refractivity contribution is -0.138. The average molecular weight is 2040 g/mol. The molecule has 150 heavy (non-hydrogen) atoms. The van der Waals surface area contributed by atoms with Crippen molar-refractivity contribution in [3.05, 3.63) is 288 Å². The first kappa shape index (κ1) is 107. The Morgan fingerprint density at radius 2 is 0.347 bits per heavy atom. The van der Waals surface area contributed by atoms with E-state index in [2.05, 4.69) is 39.5 Å². The number of hydrogen-bond acceptors (Lipinski definition) is 30. The Morgan fingerprint density at radius 1 is 0.207 bits per heavy atom. The number of benzene rings is 10. The lowest BCUT2D eigenvalue weighted by Crippen LogP contribution is -2.16. The van der Waals surface area contributed by atoms with Gasteiger partial charge in [0, 0.05) is 75.0 Å². The standard InChI is InChI=1S/C120H120O30/c1-13-109(121)139-43-19-37-133-97-31-25-73(49-67(97)7)79-55-91(79)115(127)145-103-61-85-86(62-104(103)146-116(128)92-56-80(92)74-26-32-98(68(8)50-74)134-38-20-44-140-110(122)14-2)88-64-106(148-118(130)94-58-82(94)76-28-34-100(70(10)52-76)136-40-22-46-142-112(124)16-4)108(150-120(132)96-60-84(96)78-30-36-102(72(12)54-78)138-42-24-48-144-114(126)18-6)66-90(88)89-65-107(149-119(131)95-59-83(95)77-29-35-101(71(11)53-77)137-41-23-47-143-113(125)17-5)105(63-87(85)89)147-117(129)93-57-81(93)75-27-33-99(69(9)51-75)135-39-21-45-141-111(123)15-3/h13-18,25-36,49-54,61-66,79-84,91-96H,1-6,19-24,37-48,55-60H2,7-12H3. The van der Waals surface area contributed by atoms with Crippen LogP contribution in [-0.2, 0) is 86.0 Å². The van der Waals surface area contributed by atoms with Crippen molar-refractivity contribution in [3.8, 4) is 69.0 Å². The van der Waals surface area contributed by atoms with E-state index in [9.17, 15) is 28.8 Å². The third kappa shape index (κ3) is 26.9. The molecule has 10 aromatic carbocycles. The Morgan fingerprint density at radius 3 is 0.473 bits per heavy atom. The van der Waals surface area contributed by atoms with E-state index >= 15 is 28.8 Å². The van der Waals surface area contributed by atoms with Gasteiger partial charge in [0.1, 0.15) is 34.5 Å². The van der Waals surface area contributed by atoms with Crippen molar-refractivity contribution in [1.82, 2.24) is 0 Å². The first-order valence-corrected chi connectivity index (χ1v) is 50.5. The molecule has 0 heterocycles. The van der Waals surface area contributed by atoms with Crippen molar-refractivity contribution >= 4 is 104 Å². The highest BCUT2D eigenvalue weighted by Crippen LogP contribution is 2.58. The molecular formula is C120H120O30. The number of esters is 12. The van der Waals surface area contributed by atoms with Gasteiger partial charge in [0.2, 0.25) is 0 Å². The van der Waals surface area contributed by atoms with Crippen LogP contribution in [0.15, 0.2) is 222 Å². The van der Waals surface area contributed by atoms with Crippen LogP contribution in [0.4, 0.5) is 0 Å². The van der Waals surface area contributed by atoms with Crippen LogP contribution in [0.2, 0.25) is 0 Å². The zero-order valence-electron chi connectivity index (χ0n) is 84.7. The fourth-order valence-electron chi connectivity index (χ4n) is 18.8. The zero-order chi connectivity index (χ0) is 106. The first-order chi connectivity index (χ1) is 72.5. The van der Waals surface area contributed by atoms with Crippen molar-refractivity contribution in [1.29, 1.82) is 0 Å². The summed E-state index contributed by atoms with van der Waals surface area (Å²) in [5.74, 6) is -11.4. The van der Waals surface area contributed by atoms with E-state index in [0.717, 1.165) is 103 Å². The maximum Gasteiger partial charge on any atom is 0.330 e. The molecule has 0 spiro atoms. The van der Waals surface area contributed by atoms with E-state index in [0.29, 0.717) is 112 Å². The summed E-state index contributed by atoms with van der Waals surface area (Å²) in [6, 6.07) is 43.1. The Kier molecular flexibility index (Phi) is 34.6. The highest BCUT2D eigenvalue weighted by molar-refractivity contribution is 6.27. The van der Waals surface area contributed by atoms with E-state index in [1.165, 1.54) is 0 Å². The monoisotopic (exact) mass is 2040 g/mol. The predicted octanol–water partition coefficient (Wildman–Crippen LogP) is 20.2. The Labute approximate surface area is 868 Å². The average Bonchev–Trinajstić information content (AvgIpc) is 1.30. The smallest absolute Gasteiger partial charge is 0.330 e. The normalized spacial score (nSPS) is 19.0. The van der Waals surface area contributed by atoms with Gasteiger partial charge < -0.3 is 85.3 Å². The van der Waals surface area contributed by atoms with Crippen LogP contribution >= 0.6 is 0 Å². The minimum absolute atomic E-state index is 0.122. The van der Waals surface area contributed by atoms with Crippen molar-refractivity contribution in [2.45, 2.75) is 154 Å². The summed E-state index contributed by atoms with van der Waals surface area (Å²) in [4.78, 5) is 163.